The zero-order chi connectivity index (χ0) is 12.3. The monoisotopic (exact) mass is 316 g/mol. The van der Waals surface area contributed by atoms with E-state index in [1.807, 2.05) is 23.1 Å². The Morgan fingerprint density at radius 3 is 2.82 bits per heavy atom. The molecule has 92 valence electrons. The molecule has 1 amide bonds. The molecule has 1 saturated heterocycles. The Balaban J connectivity index is 2.04. The molecular formula is C12H14BrClN2O. The summed E-state index contributed by atoms with van der Waals surface area (Å²) in [6, 6.07) is 5.61. The topological polar surface area (TPSA) is 32.3 Å². The molecule has 1 heterocycles. The molecule has 2 rings (SSSR count). The highest BCUT2D eigenvalue weighted by Gasteiger charge is 2.17. The van der Waals surface area contributed by atoms with Crippen molar-refractivity contribution in [2.45, 2.75) is 6.42 Å². The maximum Gasteiger partial charge on any atom is 0.227 e. The molecule has 0 aliphatic carbocycles. The van der Waals surface area contributed by atoms with Crippen LogP contribution in [0.3, 0.4) is 0 Å². The Labute approximate surface area is 114 Å². The molecule has 0 aromatic heterocycles. The molecule has 0 bridgehead atoms. The highest BCUT2D eigenvalue weighted by molar-refractivity contribution is 9.10. The molecule has 0 unspecified atom stereocenters. The fourth-order valence-corrected chi connectivity index (χ4v) is 2.47. The first kappa shape index (κ1) is 12.9. The molecule has 0 spiro atoms. The summed E-state index contributed by atoms with van der Waals surface area (Å²) in [5.41, 5.74) is 0.945. The van der Waals surface area contributed by atoms with Gasteiger partial charge in [0.2, 0.25) is 5.91 Å². The number of nitrogens with one attached hydrogen (secondary N) is 1. The van der Waals surface area contributed by atoms with Crippen LogP contribution < -0.4 is 5.32 Å². The van der Waals surface area contributed by atoms with Crippen molar-refractivity contribution < 1.29 is 4.79 Å². The molecule has 1 aromatic carbocycles. The number of carbonyl (C=O) groups excluding carboxylic acids is 1. The van der Waals surface area contributed by atoms with Crippen molar-refractivity contribution in [3.63, 3.8) is 0 Å². The van der Waals surface area contributed by atoms with Gasteiger partial charge in [-0.3, -0.25) is 4.79 Å². The van der Waals surface area contributed by atoms with E-state index in [4.69, 9.17) is 11.6 Å². The summed E-state index contributed by atoms with van der Waals surface area (Å²) in [5, 5.41) is 3.88. The Bertz CT molecular complexity index is 419. The Morgan fingerprint density at radius 2 is 2.12 bits per heavy atom. The minimum Gasteiger partial charge on any atom is -0.340 e. The van der Waals surface area contributed by atoms with E-state index in [2.05, 4.69) is 21.2 Å². The van der Waals surface area contributed by atoms with Gasteiger partial charge >= 0.3 is 0 Å². The minimum absolute atomic E-state index is 0.162. The van der Waals surface area contributed by atoms with Crippen LogP contribution in [0.4, 0.5) is 0 Å². The predicted molar refractivity (Wildman–Crippen MR) is 72.3 cm³/mol. The number of hydrogen-bond donors (Lipinski definition) is 1. The van der Waals surface area contributed by atoms with Gasteiger partial charge in [-0.25, -0.2) is 0 Å². The number of amides is 1. The van der Waals surface area contributed by atoms with Crippen LogP contribution in [0.1, 0.15) is 5.56 Å². The second-order valence-corrected chi connectivity index (χ2v) is 5.22. The highest BCUT2D eigenvalue weighted by Crippen LogP contribution is 2.26. The number of piperazine rings is 1. The molecule has 0 radical (unpaired) electrons. The normalized spacial score (nSPS) is 16.0. The average Bonchev–Trinajstić information content (AvgIpc) is 2.36. The van der Waals surface area contributed by atoms with Gasteiger partial charge in [0.25, 0.3) is 0 Å². The second-order valence-electron chi connectivity index (χ2n) is 4.02. The van der Waals surface area contributed by atoms with Gasteiger partial charge in [-0.1, -0.05) is 23.7 Å². The van der Waals surface area contributed by atoms with Crippen molar-refractivity contribution in [1.82, 2.24) is 10.2 Å². The maximum atomic E-state index is 12.1. The first-order valence-corrected chi connectivity index (χ1v) is 6.77. The smallest absolute Gasteiger partial charge is 0.227 e. The van der Waals surface area contributed by atoms with E-state index in [0.29, 0.717) is 11.4 Å². The Morgan fingerprint density at radius 1 is 1.41 bits per heavy atom. The standard InChI is InChI=1S/C12H14BrClN2O/c13-12-9(2-1-3-10(12)14)8-11(17)16-6-4-15-5-7-16/h1-3,15H,4-8H2. The molecular weight excluding hydrogens is 304 g/mol. The first-order chi connectivity index (χ1) is 8.18. The van der Waals surface area contributed by atoms with E-state index in [9.17, 15) is 4.79 Å². The van der Waals surface area contributed by atoms with Gasteiger partial charge in [-0.15, -0.1) is 0 Å². The highest BCUT2D eigenvalue weighted by atomic mass is 79.9. The van der Waals surface area contributed by atoms with Gasteiger partial charge in [0.1, 0.15) is 0 Å². The molecule has 1 aromatic rings. The van der Waals surface area contributed by atoms with Crippen LogP contribution in [0.15, 0.2) is 22.7 Å². The van der Waals surface area contributed by atoms with Crippen LogP contribution >= 0.6 is 27.5 Å². The van der Waals surface area contributed by atoms with Crippen LogP contribution in [0, 0.1) is 0 Å². The van der Waals surface area contributed by atoms with Gasteiger partial charge in [-0.2, -0.15) is 0 Å². The second kappa shape index (κ2) is 5.85. The fourth-order valence-electron chi connectivity index (χ4n) is 1.87. The summed E-state index contributed by atoms with van der Waals surface area (Å²) in [7, 11) is 0. The molecule has 1 aliphatic rings. The van der Waals surface area contributed by atoms with Crippen LogP contribution in [-0.4, -0.2) is 37.0 Å². The summed E-state index contributed by atoms with van der Waals surface area (Å²) in [6.45, 7) is 3.33. The number of hydrogen-bond acceptors (Lipinski definition) is 2. The van der Waals surface area contributed by atoms with Gasteiger partial charge in [0.05, 0.1) is 11.4 Å². The third-order valence-electron chi connectivity index (χ3n) is 2.84. The van der Waals surface area contributed by atoms with Crippen molar-refractivity contribution in [2.24, 2.45) is 0 Å². The quantitative estimate of drug-likeness (QED) is 0.906. The molecule has 17 heavy (non-hydrogen) atoms. The van der Waals surface area contributed by atoms with Crippen molar-refractivity contribution in [3.8, 4) is 0 Å². The van der Waals surface area contributed by atoms with Crippen molar-refractivity contribution >= 4 is 33.4 Å². The lowest BCUT2D eigenvalue weighted by Gasteiger charge is -2.27. The van der Waals surface area contributed by atoms with Gasteiger partial charge in [0, 0.05) is 30.7 Å². The van der Waals surface area contributed by atoms with Crippen molar-refractivity contribution in [2.75, 3.05) is 26.2 Å². The molecule has 1 aliphatic heterocycles. The lowest BCUT2D eigenvalue weighted by atomic mass is 10.1. The molecule has 0 saturated carbocycles. The lowest BCUT2D eigenvalue weighted by molar-refractivity contribution is -0.131. The van der Waals surface area contributed by atoms with Crippen LogP contribution in [-0.2, 0) is 11.2 Å². The fraction of sp³-hybridized carbons (Fsp3) is 0.417. The van der Waals surface area contributed by atoms with E-state index < -0.39 is 0 Å². The number of benzene rings is 1. The Hall–Kier alpha value is -0.580. The number of carbonyl (C=O) groups is 1. The summed E-state index contributed by atoms with van der Waals surface area (Å²) in [5.74, 6) is 0.162. The van der Waals surface area contributed by atoms with Crippen LogP contribution in [0.25, 0.3) is 0 Å². The van der Waals surface area contributed by atoms with Crippen LogP contribution in [0.2, 0.25) is 5.02 Å². The Kier molecular flexibility index (Phi) is 4.42. The minimum atomic E-state index is 0.162. The summed E-state index contributed by atoms with van der Waals surface area (Å²) >= 11 is 9.42. The largest absolute Gasteiger partial charge is 0.340 e. The summed E-state index contributed by atoms with van der Waals surface area (Å²) in [4.78, 5) is 14.0. The molecule has 1 fully saturated rings. The van der Waals surface area contributed by atoms with Crippen LogP contribution in [0.5, 0.6) is 0 Å². The van der Waals surface area contributed by atoms with E-state index >= 15 is 0 Å². The molecule has 3 nitrogen and oxygen atoms in total. The SMILES string of the molecule is O=C(Cc1cccc(Cl)c1Br)N1CCNCC1. The van der Waals surface area contributed by atoms with Crippen molar-refractivity contribution in [3.05, 3.63) is 33.3 Å². The van der Waals surface area contributed by atoms with Gasteiger partial charge in [-0.05, 0) is 27.6 Å². The van der Waals surface area contributed by atoms with E-state index in [-0.39, 0.29) is 5.91 Å². The zero-order valence-corrected chi connectivity index (χ0v) is 11.7. The predicted octanol–water partition coefficient (Wildman–Crippen LogP) is 2.08. The molecule has 1 N–H and O–H groups in total. The van der Waals surface area contributed by atoms with Gasteiger partial charge < -0.3 is 10.2 Å². The third kappa shape index (κ3) is 3.21. The third-order valence-corrected chi connectivity index (χ3v) is 4.32. The van der Waals surface area contributed by atoms with E-state index in [1.54, 1.807) is 0 Å². The van der Waals surface area contributed by atoms with E-state index in [0.717, 1.165) is 36.2 Å². The summed E-state index contributed by atoms with van der Waals surface area (Å²) < 4.78 is 0.824. The summed E-state index contributed by atoms with van der Waals surface area (Å²) in [6.07, 6.45) is 0.404. The van der Waals surface area contributed by atoms with Gasteiger partial charge in [0.15, 0.2) is 0 Å². The average molecular weight is 318 g/mol. The zero-order valence-electron chi connectivity index (χ0n) is 9.38. The molecule has 5 heteroatoms. The number of rotatable bonds is 2. The lowest BCUT2D eigenvalue weighted by Crippen LogP contribution is -2.46. The number of nitrogens with zero attached hydrogens (tertiary/aromatic N) is 1. The first-order valence-electron chi connectivity index (χ1n) is 5.60. The van der Waals surface area contributed by atoms with Crippen molar-refractivity contribution in [1.29, 1.82) is 0 Å². The maximum absolute atomic E-state index is 12.1. The number of halogens is 2. The molecule has 0 atom stereocenters. The van der Waals surface area contributed by atoms with E-state index in [1.165, 1.54) is 0 Å².